The molecule has 0 aliphatic carbocycles. The molecule has 0 aliphatic heterocycles. The molecule has 0 atom stereocenters. The molecule has 0 bridgehead atoms. The molecule has 0 unspecified atom stereocenters. The monoisotopic (exact) mass is 329 g/mol. The number of hydrogen-bond acceptors (Lipinski definition) is 2. The topological polar surface area (TPSA) is 40.1 Å². The van der Waals surface area contributed by atoms with Crippen molar-refractivity contribution in [2.45, 2.75) is 110 Å². The third-order valence-electron chi connectivity index (χ3n) is 3.98. The van der Waals surface area contributed by atoms with Crippen molar-refractivity contribution in [3.63, 3.8) is 0 Å². The van der Waals surface area contributed by atoms with Crippen molar-refractivity contribution in [2.75, 3.05) is 0 Å². The number of carbonyl (C=O) groups excluding carboxylic acids is 1. The van der Waals surface area contributed by atoms with E-state index in [4.69, 9.17) is 0 Å². The summed E-state index contributed by atoms with van der Waals surface area (Å²) < 4.78 is 0. The number of rotatable bonds is 16. The van der Waals surface area contributed by atoms with Crippen LogP contribution in [0.1, 0.15) is 110 Å². The molecule has 0 spiro atoms. The maximum absolute atomic E-state index is 10.2. The second kappa shape index (κ2) is 24.7. The van der Waals surface area contributed by atoms with Gasteiger partial charge in [-0.25, -0.2) is 0 Å². The second-order valence-corrected chi connectivity index (χ2v) is 6.07. The van der Waals surface area contributed by atoms with E-state index < -0.39 is 5.97 Å². The summed E-state index contributed by atoms with van der Waals surface area (Å²) in [6.45, 7) is 2.27. The molecule has 0 rings (SSSR count). The molecule has 0 fully saturated rings. The van der Waals surface area contributed by atoms with E-state index >= 15 is 0 Å². The van der Waals surface area contributed by atoms with Crippen LogP contribution in [0.5, 0.6) is 0 Å². The third-order valence-corrected chi connectivity index (χ3v) is 3.98. The molecule has 0 aromatic rings. The average molecular weight is 329 g/mol. The van der Waals surface area contributed by atoms with Crippen LogP contribution in [0.3, 0.4) is 0 Å². The van der Waals surface area contributed by atoms with E-state index in [0.29, 0.717) is 0 Å². The van der Waals surface area contributed by atoms with Crippen LogP contribution in [0.15, 0.2) is 0 Å². The number of aliphatic carboxylic acids is 1. The normalized spacial score (nSPS) is 9.86. The quantitative estimate of drug-likeness (QED) is 0.269. The van der Waals surface area contributed by atoms with Crippen LogP contribution in [0.4, 0.5) is 0 Å². The van der Waals surface area contributed by atoms with Gasteiger partial charge >= 0.3 is 59.1 Å². The summed E-state index contributed by atoms with van der Waals surface area (Å²) >= 11 is 0. The molecule has 0 N–H and O–H groups in total. The van der Waals surface area contributed by atoms with Gasteiger partial charge in [0.05, 0.1) is 0 Å². The number of carboxylic acids is 1. The summed E-state index contributed by atoms with van der Waals surface area (Å²) in [5, 5.41) is 10.2. The van der Waals surface area contributed by atoms with Crippen LogP contribution in [0, 0.1) is 0 Å². The Labute approximate surface area is 183 Å². The first kappa shape index (κ1) is 28.3. The van der Waals surface area contributed by atoms with Crippen LogP contribution in [0.25, 0.3) is 0 Å². The average Bonchev–Trinajstić information content (AvgIpc) is 2.43. The standard InChI is InChI=1S/C18H36O2.2Na/c1-2-3-4-5-6-7-8-9-10-11-12-13-14-15-16-17-18(19)20;;/h2-17H2,1H3,(H,19,20);;/q;2*+1/p-1. The Morgan fingerprint density at radius 3 is 1.14 bits per heavy atom. The molecule has 0 saturated heterocycles. The van der Waals surface area contributed by atoms with Gasteiger partial charge in [0.2, 0.25) is 0 Å². The van der Waals surface area contributed by atoms with Crippen molar-refractivity contribution in [3.8, 4) is 0 Å². The molecular formula is C18H35Na2O2+. The van der Waals surface area contributed by atoms with Crippen molar-refractivity contribution in [1.29, 1.82) is 0 Å². The van der Waals surface area contributed by atoms with Gasteiger partial charge in [0, 0.05) is 5.97 Å². The fraction of sp³-hybridized carbons (Fsp3) is 0.944. The van der Waals surface area contributed by atoms with E-state index in [1.807, 2.05) is 0 Å². The summed E-state index contributed by atoms with van der Waals surface area (Å²) in [5.74, 6) is -0.903. The number of hydrogen-bond donors (Lipinski definition) is 0. The molecule has 120 valence electrons. The molecule has 0 heterocycles. The summed E-state index contributed by atoms with van der Waals surface area (Å²) in [6.07, 6.45) is 19.9. The Balaban J connectivity index is -0.00000180. The minimum atomic E-state index is -0.903. The van der Waals surface area contributed by atoms with E-state index in [2.05, 4.69) is 6.92 Å². The van der Waals surface area contributed by atoms with E-state index in [1.54, 1.807) is 0 Å². The van der Waals surface area contributed by atoms with Gasteiger partial charge in [-0.3, -0.25) is 0 Å². The van der Waals surface area contributed by atoms with Crippen LogP contribution >= 0.6 is 0 Å². The molecule has 0 aromatic heterocycles. The Kier molecular flexibility index (Phi) is 31.8. The maximum atomic E-state index is 10.2. The third kappa shape index (κ3) is 26.4. The van der Waals surface area contributed by atoms with E-state index in [1.165, 1.54) is 83.5 Å². The van der Waals surface area contributed by atoms with Crippen LogP contribution < -0.4 is 64.2 Å². The number of carbonyl (C=O) groups is 1. The zero-order valence-electron chi connectivity index (χ0n) is 15.6. The fourth-order valence-electron chi connectivity index (χ4n) is 2.64. The van der Waals surface area contributed by atoms with Crippen LogP contribution in [0.2, 0.25) is 0 Å². The fourth-order valence-corrected chi connectivity index (χ4v) is 2.64. The predicted octanol–water partition coefficient (Wildman–Crippen LogP) is -0.994. The van der Waals surface area contributed by atoms with E-state index in [9.17, 15) is 9.90 Å². The van der Waals surface area contributed by atoms with Gasteiger partial charge in [-0.1, -0.05) is 96.8 Å². The molecule has 4 heteroatoms. The minimum absolute atomic E-state index is 0. The summed E-state index contributed by atoms with van der Waals surface area (Å²) in [7, 11) is 0. The maximum Gasteiger partial charge on any atom is 1.00 e. The Hall–Kier alpha value is 1.47. The molecule has 22 heavy (non-hydrogen) atoms. The largest absolute Gasteiger partial charge is 1.00 e. The van der Waals surface area contributed by atoms with Gasteiger partial charge in [0.1, 0.15) is 0 Å². The summed E-state index contributed by atoms with van der Waals surface area (Å²) in [5.41, 5.74) is 0. The van der Waals surface area contributed by atoms with Gasteiger partial charge in [0.15, 0.2) is 0 Å². The van der Waals surface area contributed by atoms with Gasteiger partial charge in [0.25, 0.3) is 0 Å². The minimum Gasteiger partial charge on any atom is -0.550 e. The molecule has 0 aliphatic rings. The first-order chi connectivity index (χ1) is 9.77. The van der Waals surface area contributed by atoms with E-state index in [-0.39, 0.29) is 65.5 Å². The Bertz CT molecular complexity index is 211. The number of unbranched alkanes of at least 4 members (excludes halogenated alkanes) is 14. The van der Waals surface area contributed by atoms with Crippen LogP contribution in [-0.4, -0.2) is 5.97 Å². The Morgan fingerprint density at radius 2 is 0.864 bits per heavy atom. The van der Waals surface area contributed by atoms with Crippen molar-refractivity contribution in [2.24, 2.45) is 0 Å². The van der Waals surface area contributed by atoms with Crippen molar-refractivity contribution in [1.82, 2.24) is 0 Å². The SMILES string of the molecule is CCCCCCCCCCCCCCCCCC(=O)[O-].[Na+].[Na+]. The van der Waals surface area contributed by atoms with Gasteiger partial charge < -0.3 is 9.90 Å². The van der Waals surface area contributed by atoms with Crippen molar-refractivity contribution < 1.29 is 69.0 Å². The van der Waals surface area contributed by atoms with Crippen LogP contribution in [-0.2, 0) is 4.79 Å². The summed E-state index contributed by atoms with van der Waals surface area (Å²) in [4.78, 5) is 10.2. The van der Waals surface area contributed by atoms with Crippen molar-refractivity contribution >= 4 is 5.97 Å². The first-order valence-electron chi connectivity index (χ1n) is 8.97. The summed E-state index contributed by atoms with van der Waals surface area (Å²) in [6, 6.07) is 0. The van der Waals surface area contributed by atoms with E-state index in [0.717, 1.165) is 12.8 Å². The molecular weight excluding hydrogens is 294 g/mol. The second-order valence-electron chi connectivity index (χ2n) is 6.07. The molecule has 0 aromatic carbocycles. The number of carboxylic acid groups (broad SMARTS) is 1. The van der Waals surface area contributed by atoms with Gasteiger partial charge in [-0.15, -0.1) is 0 Å². The van der Waals surface area contributed by atoms with Gasteiger partial charge in [-0.2, -0.15) is 0 Å². The zero-order chi connectivity index (χ0) is 14.9. The molecule has 2 nitrogen and oxygen atoms in total. The van der Waals surface area contributed by atoms with Gasteiger partial charge in [-0.05, 0) is 12.8 Å². The first-order valence-corrected chi connectivity index (χ1v) is 8.97. The zero-order valence-corrected chi connectivity index (χ0v) is 19.6. The molecule has 0 radical (unpaired) electrons. The smallest absolute Gasteiger partial charge is 0.550 e. The molecule has 0 amide bonds. The molecule has 0 saturated carbocycles. The van der Waals surface area contributed by atoms with Crippen molar-refractivity contribution in [3.05, 3.63) is 0 Å². The predicted molar refractivity (Wildman–Crippen MR) is 84.6 cm³/mol. The Morgan fingerprint density at radius 1 is 0.591 bits per heavy atom.